The van der Waals surface area contributed by atoms with E-state index in [1.807, 2.05) is 0 Å². The second-order valence-electron chi connectivity index (χ2n) is 39.1. The summed E-state index contributed by atoms with van der Waals surface area (Å²) >= 11 is 0. The van der Waals surface area contributed by atoms with Crippen LogP contribution in [0.3, 0.4) is 0 Å². The number of para-hydroxylation sites is 3. The van der Waals surface area contributed by atoms with E-state index in [1.54, 1.807) is 11.1 Å². The van der Waals surface area contributed by atoms with Crippen molar-refractivity contribution in [1.29, 1.82) is 0 Å². The molecule has 3 heteroatoms. The van der Waals surface area contributed by atoms with Crippen molar-refractivity contribution in [3.8, 4) is 89.0 Å². The molecule has 3 nitrogen and oxygen atoms in total. The van der Waals surface area contributed by atoms with Crippen LogP contribution in [-0.2, 0) is 27.1 Å². The molecule has 0 spiro atoms. The highest BCUT2D eigenvalue weighted by atomic mass is 16.3. The van der Waals surface area contributed by atoms with Gasteiger partial charge in [0.25, 0.3) is 0 Å². The van der Waals surface area contributed by atoms with E-state index in [1.165, 1.54) is 312 Å². The highest BCUT2D eigenvalue weighted by Crippen LogP contribution is 2.66. The van der Waals surface area contributed by atoms with Gasteiger partial charge in [-0.3, -0.25) is 0 Å². The maximum atomic E-state index is 7.40. The van der Waals surface area contributed by atoms with Crippen LogP contribution in [-0.4, -0.2) is 0 Å². The number of furan rings is 2. The van der Waals surface area contributed by atoms with Gasteiger partial charge < -0.3 is 13.7 Å². The van der Waals surface area contributed by atoms with Crippen molar-refractivity contribution in [3.05, 3.63) is 303 Å². The summed E-state index contributed by atoms with van der Waals surface area (Å²) in [6, 6.07) is 93.0. The predicted molar refractivity (Wildman–Crippen MR) is 520 cm³/mol. The number of anilines is 3. The first-order valence-electron chi connectivity index (χ1n) is 47.4. The van der Waals surface area contributed by atoms with E-state index in [0.29, 0.717) is 0 Å². The number of benzene rings is 13. The van der Waals surface area contributed by atoms with E-state index < -0.39 is 0 Å². The number of aryl methyl sites for hydroxylation is 2. The minimum Gasteiger partial charge on any atom is -0.455 e. The smallest absolute Gasteiger partial charge is 0.144 e. The average molecular weight is 1600 g/mol. The Morgan fingerprint density at radius 3 is 1.20 bits per heavy atom. The minimum absolute atomic E-state index is 0.0404. The van der Waals surface area contributed by atoms with Gasteiger partial charge in [-0.15, -0.1) is 0 Å². The van der Waals surface area contributed by atoms with Crippen LogP contribution in [0, 0.1) is 13.8 Å². The standard InChI is InChI=1S/C119H123NO2/c1-13-17-21-25-37-66-118(67-38-26-22-18-14-2)96-49-34-29-44-85(96)88-63-58-82(72-100(88)118)81-57-62-87-86-61-56-80(70-97(86)115(7,8)98(87)71-81)78-52-54-79(55-53-78)94-75-102-105(107-92-46-31-35-50-103(92)121-113(94)107)91-65-60-84(74-101(91)119(102,68-39-27-23-19-15-3)69-40-28-24-20-16-4)120(112-76(5)42-41-43-77(112)6)83-59-64-90-99(73-83)117(11,12)110-106(90)108-93-47-32-36-51-104(93)122-114(108)109-89-45-30-33-48-95(89)116(9,10)111(109)110/h29-36,41-65,70-75H,13-28,37-40,66-69H2,1-12H3. The molecule has 0 saturated heterocycles. The van der Waals surface area contributed by atoms with Crippen LogP contribution in [0.25, 0.3) is 133 Å². The topological polar surface area (TPSA) is 29.5 Å². The zero-order chi connectivity index (χ0) is 83.6. The average Bonchev–Trinajstić information content (AvgIpc) is 1.49. The quantitative estimate of drug-likeness (QED) is 0.0420. The molecule has 0 fully saturated rings. The Bertz CT molecular complexity index is 6540. The molecule has 2 heterocycles. The largest absolute Gasteiger partial charge is 0.455 e. The third-order valence-electron chi connectivity index (χ3n) is 30.7. The molecule has 2 aromatic heterocycles. The van der Waals surface area contributed by atoms with E-state index in [2.05, 4.69) is 325 Å². The number of nitrogens with zero attached hydrogens (tertiary/aromatic N) is 1. The first-order chi connectivity index (χ1) is 59.4. The van der Waals surface area contributed by atoms with Gasteiger partial charge in [-0.05, 0) is 245 Å². The number of hydrogen-bond acceptors (Lipinski definition) is 3. The van der Waals surface area contributed by atoms with Crippen molar-refractivity contribution < 1.29 is 8.83 Å². The summed E-state index contributed by atoms with van der Waals surface area (Å²) in [6.07, 6.45) is 29.9. The molecular weight excluding hydrogens is 1480 g/mol. The number of fused-ring (bicyclic) bond motifs is 25. The SMILES string of the molecule is CCCCCCCC1(CCCCCCC)c2ccccc2-c2ccc(-c3ccc4c(c3)C(C)(C)c3cc(-c5ccc(-c6cc7c(c8c6oc6ccccc68)-c6ccc(N(c8ccc9c(c8)C(C)(C)c8c%10c(c%11oc%12ccccc%12c%11c8-9)-c8ccccc8C%10(C)C)c8c(C)cccc8C)cc6C7(CCCCCCC)CCCCCCC)cc5)ccc3-4)cc21. The first-order valence-corrected chi connectivity index (χ1v) is 47.4. The molecule has 20 rings (SSSR count). The summed E-state index contributed by atoms with van der Waals surface area (Å²) in [5, 5.41) is 4.85. The van der Waals surface area contributed by atoms with Crippen LogP contribution in [0.15, 0.2) is 245 Å². The van der Waals surface area contributed by atoms with E-state index in [0.717, 1.165) is 48.0 Å². The zero-order valence-electron chi connectivity index (χ0n) is 74.8. The fourth-order valence-corrected chi connectivity index (χ4v) is 24.4. The predicted octanol–water partition coefficient (Wildman–Crippen LogP) is 35.5. The van der Waals surface area contributed by atoms with Crippen LogP contribution in [0.5, 0.6) is 0 Å². The zero-order valence-corrected chi connectivity index (χ0v) is 74.8. The van der Waals surface area contributed by atoms with Gasteiger partial charge in [0.05, 0.1) is 5.69 Å². The molecule has 0 N–H and O–H groups in total. The number of unbranched alkanes of at least 4 members (excludes halogenated alkanes) is 16. The lowest BCUT2D eigenvalue weighted by atomic mass is 9.70. The molecule has 122 heavy (non-hydrogen) atoms. The Balaban J connectivity index is 0.685. The summed E-state index contributed by atoms with van der Waals surface area (Å²) in [5.74, 6) is 0. The highest BCUT2D eigenvalue weighted by Gasteiger charge is 2.51. The Morgan fingerprint density at radius 1 is 0.262 bits per heavy atom. The summed E-state index contributed by atoms with van der Waals surface area (Å²) in [7, 11) is 0. The van der Waals surface area contributed by atoms with E-state index in [4.69, 9.17) is 8.83 Å². The molecule has 5 aliphatic carbocycles. The van der Waals surface area contributed by atoms with Crippen molar-refractivity contribution in [2.75, 3.05) is 4.90 Å². The van der Waals surface area contributed by atoms with Crippen molar-refractivity contribution in [1.82, 2.24) is 0 Å². The lowest BCUT2D eigenvalue weighted by molar-refractivity contribution is 0.399. The molecule has 5 aliphatic rings. The Kier molecular flexibility index (Phi) is 20.6. The van der Waals surface area contributed by atoms with Gasteiger partial charge in [-0.1, -0.05) is 374 Å². The van der Waals surface area contributed by atoms with Crippen molar-refractivity contribution in [2.45, 2.75) is 264 Å². The molecule has 0 saturated carbocycles. The van der Waals surface area contributed by atoms with Crippen molar-refractivity contribution >= 4 is 60.9 Å². The Morgan fingerprint density at radius 2 is 0.639 bits per heavy atom. The molecule has 616 valence electrons. The van der Waals surface area contributed by atoms with Gasteiger partial charge >= 0.3 is 0 Å². The lowest BCUT2D eigenvalue weighted by Gasteiger charge is -2.35. The third kappa shape index (κ3) is 12.6. The Labute approximate surface area is 726 Å². The highest BCUT2D eigenvalue weighted by molar-refractivity contribution is 6.22. The van der Waals surface area contributed by atoms with Gasteiger partial charge in [0, 0.05) is 71.1 Å². The summed E-state index contributed by atoms with van der Waals surface area (Å²) in [5.41, 5.74) is 44.4. The molecule has 0 radical (unpaired) electrons. The van der Waals surface area contributed by atoms with Crippen LogP contribution < -0.4 is 4.90 Å². The molecule has 0 bridgehead atoms. The van der Waals surface area contributed by atoms with E-state index in [-0.39, 0.29) is 27.1 Å². The molecule has 13 aromatic carbocycles. The normalized spacial score (nSPS) is 15.2. The second kappa shape index (κ2) is 31.5. The van der Waals surface area contributed by atoms with E-state index >= 15 is 0 Å². The minimum atomic E-state index is -0.365. The number of rotatable bonds is 30. The second-order valence-corrected chi connectivity index (χ2v) is 39.1. The fourth-order valence-electron chi connectivity index (χ4n) is 24.4. The van der Waals surface area contributed by atoms with Gasteiger partial charge in [-0.2, -0.15) is 0 Å². The summed E-state index contributed by atoms with van der Waals surface area (Å²) in [6.45, 7) is 28.9. The summed E-state index contributed by atoms with van der Waals surface area (Å²) in [4.78, 5) is 2.66. The van der Waals surface area contributed by atoms with Crippen LogP contribution in [0.4, 0.5) is 17.1 Å². The van der Waals surface area contributed by atoms with Crippen molar-refractivity contribution in [2.24, 2.45) is 0 Å². The summed E-state index contributed by atoms with van der Waals surface area (Å²) < 4.78 is 14.6. The maximum Gasteiger partial charge on any atom is 0.144 e. The van der Waals surface area contributed by atoms with E-state index in [9.17, 15) is 0 Å². The monoisotopic (exact) mass is 1600 g/mol. The van der Waals surface area contributed by atoms with Gasteiger partial charge in [0.2, 0.25) is 0 Å². The molecule has 0 aliphatic heterocycles. The lowest BCUT2D eigenvalue weighted by Crippen LogP contribution is -2.26. The third-order valence-corrected chi connectivity index (χ3v) is 30.7. The van der Waals surface area contributed by atoms with Crippen LogP contribution >= 0.6 is 0 Å². The molecule has 15 aromatic rings. The van der Waals surface area contributed by atoms with Crippen LogP contribution in [0.2, 0.25) is 0 Å². The molecule has 0 amide bonds. The van der Waals surface area contributed by atoms with Crippen molar-refractivity contribution in [3.63, 3.8) is 0 Å². The first kappa shape index (κ1) is 79.7. The van der Waals surface area contributed by atoms with Gasteiger partial charge in [0.15, 0.2) is 0 Å². The van der Waals surface area contributed by atoms with Crippen LogP contribution in [0.1, 0.15) is 290 Å². The molecule has 0 unspecified atom stereocenters. The maximum absolute atomic E-state index is 7.40. The fraction of sp³-hybridized carbons (Fsp3) is 0.345. The Hall–Kier alpha value is -10.7. The molecular formula is C119H123NO2. The van der Waals surface area contributed by atoms with Gasteiger partial charge in [0.1, 0.15) is 22.3 Å². The number of hydrogen-bond donors (Lipinski definition) is 0. The van der Waals surface area contributed by atoms with Gasteiger partial charge in [-0.25, -0.2) is 0 Å². The molecule has 0 atom stereocenters.